The highest BCUT2D eigenvalue weighted by atomic mass is 32.2. The molecule has 2 aliphatic rings. The first-order valence-corrected chi connectivity index (χ1v) is 14.7. The van der Waals surface area contributed by atoms with E-state index < -0.39 is 0 Å². The molecule has 2 aromatic carbocycles. The van der Waals surface area contributed by atoms with Gasteiger partial charge in [0, 0.05) is 44.0 Å². The number of aromatic nitrogens is 1. The van der Waals surface area contributed by atoms with Crippen molar-refractivity contribution in [2.24, 2.45) is 0 Å². The van der Waals surface area contributed by atoms with E-state index in [1.807, 2.05) is 44.2 Å². The van der Waals surface area contributed by atoms with Crippen LogP contribution in [0, 0.1) is 24.1 Å². The van der Waals surface area contributed by atoms with E-state index in [1.54, 1.807) is 34.6 Å². The van der Waals surface area contributed by atoms with Crippen LogP contribution in [0.25, 0.3) is 6.08 Å². The normalized spacial score (nSPS) is 17.3. The Morgan fingerprint density at radius 3 is 2.29 bits per heavy atom. The van der Waals surface area contributed by atoms with E-state index in [0.29, 0.717) is 58.9 Å². The first kappa shape index (κ1) is 28.6. The molecule has 41 heavy (non-hydrogen) atoms. The molecule has 10 heteroatoms. The van der Waals surface area contributed by atoms with E-state index in [9.17, 15) is 19.2 Å². The average molecular weight is 588 g/mol. The van der Waals surface area contributed by atoms with Crippen molar-refractivity contribution in [1.82, 2.24) is 9.47 Å². The zero-order chi connectivity index (χ0) is 29.3. The molecule has 3 aromatic rings. The summed E-state index contributed by atoms with van der Waals surface area (Å²) in [5.74, 6) is 0.213. The molecule has 2 fully saturated rings. The van der Waals surface area contributed by atoms with Crippen LogP contribution in [0.4, 0.5) is 15.9 Å². The van der Waals surface area contributed by atoms with Gasteiger partial charge in [0.05, 0.1) is 10.9 Å². The van der Waals surface area contributed by atoms with E-state index in [-0.39, 0.29) is 28.9 Å². The lowest BCUT2D eigenvalue weighted by Gasteiger charge is -2.39. The van der Waals surface area contributed by atoms with Gasteiger partial charge in [-0.15, -0.1) is 0 Å². The van der Waals surface area contributed by atoms with Gasteiger partial charge in [0.1, 0.15) is 27.6 Å². The number of benzene rings is 2. The monoisotopic (exact) mass is 587 g/mol. The van der Waals surface area contributed by atoms with Crippen LogP contribution in [0.2, 0.25) is 0 Å². The van der Waals surface area contributed by atoms with E-state index in [4.69, 9.17) is 12.2 Å². The number of halogens is 1. The minimum atomic E-state index is -0.342. The Labute approximate surface area is 248 Å². The standard InChI is InChI=1S/C31H30FN5O2S2/c1-4-36-28(35-16-14-34(15-17-35)24-12-10-23(32)11-13-24)25(20(2)26(19-33)29(36)38)18-27-30(39)37(31(40)41-27)21(3)22-8-6-5-7-9-22/h5-13,18,21H,4,14-17H2,1-3H3. The van der Waals surface area contributed by atoms with Gasteiger partial charge in [-0.1, -0.05) is 54.3 Å². The molecule has 1 unspecified atom stereocenters. The summed E-state index contributed by atoms with van der Waals surface area (Å²) in [6.45, 7) is 8.50. The van der Waals surface area contributed by atoms with E-state index in [0.717, 1.165) is 11.3 Å². The van der Waals surface area contributed by atoms with Crippen molar-refractivity contribution >= 4 is 51.8 Å². The Bertz CT molecular complexity index is 1620. The molecule has 1 amide bonds. The fraction of sp³-hybridized carbons (Fsp3) is 0.290. The van der Waals surface area contributed by atoms with Gasteiger partial charge in [-0.2, -0.15) is 5.26 Å². The second-order valence-corrected chi connectivity index (χ2v) is 11.7. The summed E-state index contributed by atoms with van der Waals surface area (Å²) in [6, 6.07) is 18.0. The number of hydrogen-bond acceptors (Lipinski definition) is 7. The molecular formula is C31H30FN5O2S2. The quantitative estimate of drug-likeness (QED) is 0.280. The SMILES string of the molecule is CCn1c(N2CCN(c3ccc(F)cc3)CC2)c(C=C2SC(=S)N(C(C)c3ccccc3)C2=O)c(C)c(C#N)c1=O. The second kappa shape index (κ2) is 11.9. The highest BCUT2D eigenvalue weighted by Gasteiger charge is 2.37. The average Bonchev–Trinajstić information content (AvgIpc) is 3.27. The van der Waals surface area contributed by atoms with E-state index in [1.165, 1.54) is 23.9 Å². The number of carbonyl (C=O) groups is 1. The first-order valence-electron chi connectivity index (χ1n) is 13.5. The molecule has 0 bridgehead atoms. The van der Waals surface area contributed by atoms with Crippen LogP contribution in [0.1, 0.15) is 42.1 Å². The molecule has 1 atom stereocenters. The Morgan fingerprint density at radius 1 is 1.05 bits per heavy atom. The van der Waals surface area contributed by atoms with E-state index in [2.05, 4.69) is 15.9 Å². The number of rotatable bonds is 6. The summed E-state index contributed by atoms with van der Waals surface area (Å²) in [7, 11) is 0. The molecule has 0 radical (unpaired) electrons. The van der Waals surface area contributed by atoms with Crippen molar-refractivity contribution in [3.8, 4) is 6.07 Å². The van der Waals surface area contributed by atoms with Gasteiger partial charge >= 0.3 is 0 Å². The largest absolute Gasteiger partial charge is 0.368 e. The fourth-order valence-corrected chi connectivity index (χ4v) is 6.83. The van der Waals surface area contributed by atoms with Gasteiger partial charge in [0.15, 0.2) is 0 Å². The topological polar surface area (TPSA) is 72.6 Å². The Morgan fingerprint density at radius 2 is 1.68 bits per heavy atom. The minimum absolute atomic E-state index is 0.0694. The highest BCUT2D eigenvalue weighted by molar-refractivity contribution is 8.26. The third-order valence-electron chi connectivity index (χ3n) is 7.70. The van der Waals surface area contributed by atoms with Crippen LogP contribution < -0.4 is 15.4 Å². The highest BCUT2D eigenvalue weighted by Crippen LogP contribution is 2.40. The zero-order valence-electron chi connectivity index (χ0n) is 23.1. The van der Waals surface area contributed by atoms with Gasteiger partial charge in [0.2, 0.25) is 0 Å². The molecule has 2 saturated heterocycles. The summed E-state index contributed by atoms with van der Waals surface area (Å²) in [5.41, 5.74) is 2.86. The van der Waals surface area contributed by atoms with Crippen molar-refractivity contribution in [2.45, 2.75) is 33.4 Å². The van der Waals surface area contributed by atoms with Crippen molar-refractivity contribution in [3.63, 3.8) is 0 Å². The summed E-state index contributed by atoms with van der Waals surface area (Å²) in [5, 5.41) is 9.89. The van der Waals surface area contributed by atoms with Crippen molar-refractivity contribution in [1.29, 1.82) is 5.26 Å². The number of amides is 1. The summed E-state index contributed by atoms with van der Waals surface area (Å²) < 4.78 is 15.5. The molecule has 0 N–H and O–H groups in total. The molecule has 3 heterocycles. The molecule has 1 aromatic heterocycles. The second-order valence-electron chi connectivity index (χ2n) is 9.99. The number of nitriles is 1. The number of hydrogen-bond donors (Lipinski definition) is 0. The minimum Gasteiger partial charge on any atom is -0.368 e. The Hall–Kier alpha value is -3.94. The number of nitrogens with zero attached hydrogens (tertiary/aromatic N) is 5. The van der Waals surface area contributed by atoms with Gasteiger partial charge < -0.3 is 9.80 Å². The van der Waals surface area contributed by atoms with Gasteiger partial charge in [-0.3, -0.25) is 19.1 Å². The number of anilines is 2. The molecule has 0 saturated carbocycles. The smallest absolute Gasteiger partial charge is 0.270 e. The molecule has 0 spiro atoms. The van der Waals surface area contributed by atoms with Crippen molar-refractivity contribution < 1.29 is 9.18 Å². The maximum absolute atomic E-state index is 13.7. The van der Waals surface area contributed by atoms with Crippen molar-refractivity contribution in [2.75, 3.05) is 36.0 Å². The molecular weight excluding hydrogens is 558 g/mol. The lowest BCUT2D eigenvalue weighted by molar-refractivity contribution is -0.123. The van der Waals surface area contributed by atoms with E-state index >= 15 is 0 Å². The third-order valence-corrected chi connectivity index (χ3v) is 9.03. The van der Waals surface area contributed by atoms with Gasteiger partial charge in [-0.25, -0.2) is 4.39 Å². The molecule has 7 nitrogen and oxygen atoms in total. The summed E-state index contributed by atoms with van der Waals surface area (Å²) >= 11 is 6.88. The lowest BCUT2D eigenvalue weighted by Crippen LogP contribution is -2.48. The van der Waals surface area contributed by atoms with Crippen LogP contribution in [0.5, 0.6) is 0 Å². The Balaban J connectivity index is 1.53. The van der Waals surface area contributed by atoms with Gasteiger partial charge in [0.25, 0.3) is 11.5 Å². The molecule has 2 aliphatic heterocycles. The first-order chi connectivity index (χ1) is 19.7. The maximum atomic E-state index is 13.7. The van der Waals surface area contributed by atoms with Crippen molar-refractivity contribution in [3.05, 3.63) is 97.9 Å². The van der Waals surface area contributed by atoms with Crippen LogP contribution >= 0.6 is 24.0 Å². The number of carbonyl (C=O) groups excluding carboxylic acids is 1. The summed E-state index contributed by atoms with van der Waals surface area (Å²) in [4.78, 5) is 33.5. The number of thioether (sulfide) groups is 1. The number of piperazine rings is 1. The van der Waals surface area contributed by atoms with Crippen LogP contribution in [0.15, 0.2) is 64.3 Å². The predicted octanol–water partition coefficient (Wildman–Crippen LogP) is 5.48. The van der Waals surface area contributed by atoms with Crippen LogP contribution in [-0.4, -0.2) is 45.9 Å². The molecule has 210 valence electrons. The third kappa shape index (κ3) is 5.39. The van der Waals surface area contributed by atoms with Crippen LogP contribution in [0.3, 0.4) is 0 Å². The predicted molar refractivity (Wildman–Crippen MR) is 167 cm³/mol. The molecule has 0 aliphatic carbocycles. The zero-order valence-corrected chi connectivity index (χ0v) is 24.8. The van der Waals surface area contributed by atoms with Crippen LogP contribution in [-0.2, 0) is 11.3 Å². The number of thiocarbonyl (C=S) groups is 1. The number of pyridine rings is 1. The van der Waals surface area contributed by atoms with Gasteiger partial charge in [-0.05, 0) is 62.2 Å². The maximum Gasteiger partial charge on any atom is 0.270 e. The lowest BCUT2D eigenvalue weighted by atomic mass is 10.0. The summed E-state index contributed by atoms with van der Waals surface area (Å²) in [6.07, 6.45) is 1.79. The molecule has 5 rings (SSSR count). The fourth-order valence-electron chi connectivity index (χ4n) is 5.43. The Kier molecular flexibility index (Phi) is 8.29.